The zero-order valence-corrected chi connectivity index (χ0v) is 13.1. The Bertz CT molecular complexity index is 663. The van der Waals surface area contributed by atoms with Crippen LogP contribution in [0.1, 0.15) is 47.3 Å². The van der Waals surface area contributed by atoms with Crippen LogP contribution in [0.25, 0.3) is 0 Å². The van der Waals surface area contributed by atoms with Crippen LogP contribution in [-0.2, 0) is 0 Å². The lowest BCUT2D eigenvalue weighted by molar-refractivity contribution is 0.0747. The normalized spacial score (nSPS) is 16.7. The highest BCUT2D eigenvalue weighted by atomic mass is 16.5. The van der Waals surface area contributed by atoms with Crippen molar-refractivity contribution in [2.45, 2.75) is 25.8 Å². The van der Waals surface area contributed by atoms with Gasteiger partial charge in [0.15, 0.2) is 0 Å². The number of fused-ring (bicyclic) bond motifs is 1. The van der Waals surface area contributed by atoms with Crippen molar-refractivity contribution in [3.63, 3.8) is 0 Å². The topological polar surface area (TPSA) is 29.5 Å². The minimum absolute atomic E-state index is 0.0150. The van der Waals surface area contributed by atoms with Gasteiger partial charge in [0.05, 0.1) is 13.2 Å². The van der Waals surface area contributed by atoms with Gasteiger partial charge in [0.25, 0.3) is 5.91 Å². The summed E-state index contributed by atoms with van der Waals surface area (Å²) in [5, 5.41) is 0. The molecule has 0 aliphatic carbocycles. The van der Waals surface area contributed by atoms with Crippen molar-refractivity contribution < 1.29 is 9.53 Å². The molecule has 3 heteroatoms. The molecule has 114 valence electrons. The second kappa shape index (κ2) is 6.22. The fourth-order valence-electron chi connectivity index (χ4n) is 3.07. The van der Waals surface area contributed by atoms with Gasteiger partial charge in [-0.3, -0.25) is 4.79 Å². The third kappa shape index (κ3) is 2.47. The summed E-state index contributed by atoms with van der Waals surface area (Å²) >= 11 is 0. The molecule has 0 N–H and O–H groups in total. The minimum Gasteiger partial charge on any atom is -0.497 e. The second-order valence-electron chi connectivity index (χ2n) is 5.62. The second-order valence-corrected chi connectivity index (χ2v) is 5.62. The number of rotatable bonds is 5. The highest BCUT2D eigenvalue weighted by Gasteiger charge is 2.36. The molecule has 0 saturated carbocycles. The Kier molecular flexibility index (Phi) is 4.14. The van der Waals surface area contributed by atoms with Crippen LogP contribution in [0.15, 0.2) is 48.5 Å². The molecular formula is C19H21NO2. The number of hydrogen-bond acceptors (Lipinski definition) is 2. The predicted octanol–water partition coefficient (Wildman–Crippen LogP) is 4.04. The molecule has 1 heterocycles. The Labute approximate surface area is 131 Å². The molecule has 3 rings (SSSR count). The maximum absolute atomic E-state index is 12.7. The highest BCUT2D eigenvalue weighted by Crippen LogP contribution is 2.38. The number of ether oxygens (including phenoxy) is 1. The molecule has 0 fully saturated rings. The standard InChI is InChI=1S/C19H21NO2/c1-3-4-13-20-18(14-9-11-15(22-2)12-10-14)16-7-5-6-8-17(16)19(20)21/h5-12,18H,3-4,13H2,1-2H3/t18-/m0/s1. The first-order valence-electron chi connectivity index (χ1n) is 7.80. The average molecular weight is 295 g/mol. The first kappa shape index (κ1) is 14.6. The largest absolute Gasteiger partial charge is 0.497 e. The van der Waals surface area contributed by atoms with Crippen LogP contribution in [0.4, 0.5) is 0 Å². The highest BCUT2D eigenvalue weighted by molar-refractivity contribution is 5.99. The van der Waals surface area contributed by atoms with Gasteiger partial charge in [-0.1, -0.05) is 43.7 Å². The van der Waals surface area contributed by atoms with Gasteiger partial charge in [0.1, 0.15) is 5.75 Å². The van der Waals surface area contributed by atoms with Gasteiger partial charge >= 0.3 is 0 Å². The van der Waals surface area contributed by atoms with Crippen LogP contribution in [0.5, 0.6) is 5.75 Å². The summed E-state index contributed by atoms with van der Waals surface area (Å²) in [6, 6.07) is 16.0. The molecule has 0 saturated heterocycles. The maximum atomic E-state index is 12.7. The lowest BCUT2D eigenvalue weighted by Crippen LogP contribution is -2.29. The Hall–Kier alpha value is -2.29. The summed E-state index contributed by atoms with van der Waals surface area (Å²) in [6.07, 6.45) is 2.10. The molecule has 3 nitrogen and oxygen atoms in total. The van der Waals surface area contributed by atoms with Gasteiger partial charge in [-0.05, 0) is 35.7 Å². The molecule has 1 aliphatic rings. The van der Waals surface area contributed by atoms with Gasteiger partial charge in [0, 0.05) is 12.1 Å². The molecule has 22 heavy (non-hydrogen) atoms. The number of nitrogens with zero attached hydrogens (tertiary/aromatic N) is 1. The summed E-state index contributed by atoms with van der Waals surface area (Å²) in [5.74, 6) is 0.978. The first-order chi connectivity index (χ1) is 10.8. The monoisotopic (exact) mass is 295 g/mol. The van der Waals surface area contributed by atoms with E-state index in [0.29, 0.717) is 0 Å². The molecule has 0 radical (unpaired) electrons. The van der Waals surface area contributed by atoms with E-state index in [1.807, 2.05) is 35.2 Å². The van der Waals surface area contributed by atoms with Gasteiger partial charge in [-0.25, -0.2) is 0 Å². The van der Waals surface area contributed by atoms with E-state index in [9.17, 15) is 4.79 Å². The van der Waals surface area contributed by atoms with E-state index in [0.717, 1.165) is 41.8 Å². The van der Waals surface area contributed by atoms with Crippen molar-refractivity contribution in [2.75, 3.05) is 13.7 Å². The number of unbranched alkanes of at least 4 members (excludes halogenated alkanes) is 1. The molecule has 0 spiro atoms. The molecule has 1 amide bonds. The third-order valence-corrected chi connectivity index (χ3v) is 4.24. The van der Waals surface area contributed by atoms with Crippen molar-refractivity contribution in [2.24, 2.45) is 0 Å². The number of amides is 1. The molecular weight excluding hydrogens is 274 g/mol. The van der Waals surface area contributed by atoms with Crippen LogP contribution in [0.2, 0.25) is 0 Å². The molecule has 1 aliphatic heterocycles. The van der Waals surface area contributed by atoms with E-state index in [-0.39, 0.29) is 11.9 Å². The summed E-state index contributed by atoms with van der Waals surface area (Å²) in [4.78, 5) is 14.7. The van der Waals surface area contributed by atoms with Crippen molar-refractivity contribution in [1.29, 1.82) is 0 Å². The number of carbonyl (C=O) groups is 1. The average Bonchev–Trinajstić information content (AvgIpc) is 2.86. The van der Waals surface area contributed by atoms with E-state index in [4.69, 9.17) is 4.74 Å². The zero-order chi connectivity index (χ0) is 15.5. The zero-order valence-electron chi connectivity index (χ0n) is 13.1. The maximum Gasteiger partial charge on any atom is 0.255 e. The fourth-order valence-corrected chi connectivity index (χ4v) is 3.07. The smallest absolute Gasteiger partial charge is 0.255 e. The minimum atomic E-state index is 0.0150. The number of methoxy groups -OCH3 is 1. The van der Waals surface area contributed by atoms with Gasteiger partial charge < -0.3 is 9.64 Å². The Morgan fingerprint density at radius 2 is 1.82 bits per heavy atom. The Morgan fingerprint density at radius 1 is 1.09 bits per heavy atom. The number of benzene rings is 2. The van der Waals surface area contributed by atoms with Crippen molar-refractivity contribution >= 4 is 5.91 Å². The Balaban J connectivity index is 2.01. The third-order valence-electron chi connectivity index (χ3n) is 4.24. The van der Waals surface area contributed by atoms with Gasteiger partial charge in [-0.15, -0.1) is 0 Å². The van der Waals surface area contributed by atoms with Crippen molar-refractivity contribution in [3.8, 4) is 5.75 Å². The summed E-state index contributed by atoms with van der Waals surface area (Å²) < 4.78 is 5.23. The van der Waals surface area contributed by atoms with Crippen LogP contribution in [0.3, 0.4) is 0 Å². The summed E-state index contributed by atoms with van der Waals surface area (Å²) in [6.45, 7) is 2.94. The van der Waals surface area contributed by atoms with Crippen LogP contribution >= 0.6 is 0 Å². The lowest BCUT2D eigenvalue weighted by Gasteiger charge is -2.26. The first-order valence-corrected chi connectivity index (χ1v) is 7.80. The van der Waals surface area contributed by atoms with E-state index in [1.54, 1.807) is 7.11 Å². The Morgan fingerprint density at radius 3 is 2.50 bits per heavy atom. The predicted molar refractivity (Wildman–Crippen MR) is 87.2 cm³/mol. The number of hydrogen-bond donors (Lipinski definition) is 0. The number of carbonyl (C=O) groups excluding carboxylic acids is 1. The van der Waals surface area contributed by atoms with E-state index < -0.39 is 0 Å². The van der Waals surface area contributed by atoms with Crippen molar-refractivity contribution in [1.82, 2.24) is 4.90 Å². The molecule has 0 aromatic heterocycles. The van der Waals surface area contributed by atoms with Gasteiger partial charge in [-0.2, -0.15) is 0 Å². The van der Waals surface area contributed by atoms with Gasteiger partial charge in [0.2, 0.25) is 0 Å². The quantitative estimate of drug-likeness (QED) is 0.833. The van der Waals surface area contributed by atoms with Crippen LogP contribution < -0.4 is 4.74 Å². The van der Waals surface area contributed by atoms with Crippen LogP contribution in [-0.4, -0.2) is 24.5 Å². The summed E-state index contributed by atoms with van der Waals surface area (Å²) in [5.41, 5.74) is 3.07. The van der Waals surface area contributed by atoms with Crippen LogP contribution in [0, 0.1) is 0 Å². The summed E-state index contributed by atoms with van der Waals surface area (Å²) in [7, 11) is 1.66. The molecule has 0 unspecified atom stereocenters. The van der Waals surface area contributed by atoms with E-state index in [2.05, 4.69) is 25.1 Å². The van der Waals surface area contributed by atoms with E-state index in [1.165, 1.54) is 0 Å². The van der Waals surface area contributed by atoms with E-state index >= 15 is 0 Å². The SMILES string of the molecule is CCCCN1C(=O)c2ccccc2[C@@H]1c1ccc(OC)cc1. The lowest BCUT2D eigenvalue weighted by atomic mass is 9.98. The van der Waals surface area contributed by atoms with Crippen molar-refractivity contribution in [3.05, 3.63) is 65.2 Å². The molecule has 2 aromatic rings. The fraction of sp³-hybridized carbons (Fsp3) is 0.316. The molecule has 1 atom stereocenters. The molecule has 0 bridgehead atoms. The molecule has 2 aromatic carbocycles.